The third kappa shape index (κ3) is 4.62. The van der Waals surface area contributed by atoms with E-state index in [-0.39, 0.29) is 11.9 Å². The molecule has 3 aromatic rings. The molecule has 0 atom stereocenters. The van der Waals surface area contributed by atoms with Crippen molar-refractivity contribution in [2.45, 2.75) is 6.92 Å². The van der Waals surface area contributed by atoms with E-state index in [2.05, 4.69) is 16.0 Å². The van der Waals surface area contributed by atoms with Crippen molar-refractivity contribution in [2.24, 2.45) is 0 Å². The van der Waals surface area contributed by atoms with Crippen molar-refractivity contribution in [1.29, 1.82) is 0 Å². The molecule has 0 fully saturated rings. The first-order valence-electron chi connectivity index (χ1n) is 7.81. The summed E-state index contributed by atoms with van der Waals surface area (Å²) >= 11 is 7.08. The number of aryl methyl sites for hydroxylation is 1. The quantitative estimate of drug-likeness (QED) is 0.546. The highest BCUT2D eigenvalue weighted by Gasteiger charge is 2.11. The molecule has 0 saturated heterocycles. The molecule has 0 bridgehead atoms. The van der Waals surface area contributed by atoms with Crippen molar-refractivity contribution in [1.82, 2.24) is 0 Å². The monoisotopic (exact) mass is 385 g/mol. The first-order valence-corrected chi connectivity index (χ1v) is 9.01. The number of para-hydroxylation sites is 1. The number of thiophene rings is 1. The van der Waals surface area contributed by atoms with Gasteiger partial charge in [0.25, 0.3) is 5.91 Å². The molecule has 7 heteroatoms. The predicted molar refractivity (Wildman–Crippen MR) is 108 cm³/mol. The van der Waals surface area contributed by atoms with E-state index in [1.54, 1.807) is 36.4 Å². The molecule has 0 aliphatic carbocycles. The van der Waals surface area contributed by atoms with Crippen LogP contribution in [0.4, 0.5) is 21.9 Å². The number of carbonyl (C=O) groups is 2. The molecule has 0 aliphatic rings. The average Bonchev–Trinajstić information content (AvgIpc) is 3.05. The van der Waals surface area contributed by atoms with Gasteiger partial charge in [-0.3, -0.25) is 4.79 Å². The smallest absolute Gasteiger partial charge is 0.321 e. The van der Waals surface area contributed by atoms with Gasteiger partial charge in [-0.1, -0.05) is 35.9 Å². The van der Waals surface area contributed by atoms with E-state index in [9.17, 15) is 9.59 Å². The average molecular weight is 386 g/mol. The van der Waals surface area contributed by atoms with Gasteiger partial charge in [0.05, 0.1) is 9.21 Å². The van der Waals surface area contributed by atoms with Crippen molar-refractivity contribution in [3.05, 3.63) is 75.4 Å². The molecule has 1 aromatic heterocycles. The van der Waals surface area contributed by atoms with Gasteiger partial charge in [-0.05, 0) is 48.9 Å². The summed E-state index contributed by atoms with van der Waals surface area (Å²) in [6, 6.07) is 17.5. The van der Waals surface area contributed by atoms with Gasteiger partial charge in [0.15, 0.2) is 0 Å². The third-order valence-corrected chi connectivity index (χ3v) is 4.80. The van der Waals surface area contributed by atoms with Gasteiger partial charge in [-0.25, -0.2) is 4.79 Å². The third-order valence-electron chi connectivity index (χ3n) is 3.57. The number of benzene rings is 2. The number of halogens is 1. The number of anilines is 3. The first kappa shape index (κ1) is 18.0. The molecule has 3 rings (SSSR count). The fraction of sp³-hybridized carbons (Fsp3) is 0.0526. The summed E-state index contributed by atoms with van der Waals surface area (Å²) < 4.78 is 0.555. The zero-order valence-electron chi connectivity index (χ0n) is 13.9. The van der Waals surface area contributed by atoms with Crippen molar-refractivity contribution in [3.8, 4) is 0 Å². The highest BCUT2D eigenvalue weighted by Crippen LogP contribution is 2.25. The zero-order valence-corrected chi connectivity index (χ0v) is 15.4. The lowest BCUT2D eigenvalue weighted by Crippen LogP contribution is -2.19. The lowest BCUT2D eigenvalue weighted by atomic mass is 10.1. The number of hydrogen-bond donors (Lipinski definition) is 3. The van der Waals surface area contributed by atoms with E-state index < -0.39 is 0 Å². The van der Waals surface area contributed by atoms with Gasteiger partial charge in [0.2, 0.25) is 0 Å². The Labute approximate surface area is 160 Å². The van der Waals surface area contributed by atoms with Gasteiger partial charge in [-0.15, -0.1) is 11.3 Å². The molecule has 26 heavy (non-hydrogen) atoms. The van der Waals surface area contributed by atoms with E-state index >= 15 is 0 Å². The van der Waals surface area contributed by atoms with Gasteiger partial charge in [0, 0.05) is 17.1 Å². The van der Waals surface area contributed by atoms with Crippen LogP contribution in [0.2, 0.25) is 4.34 Å². The van der Waals surface area contributed by atoms with Crippen LogP contribution in [0.3, 0.4) is 0 Å². The molecular weight excluding hydrogens is 370 g/mol. The first-order chi connectivity index (χ1) is 12.5. The summed E-state index contributed by atoms with van der Waals surface area (Å²) in [5, 5.41) is 8.34. The molecule has 3 N–H and O–H groups in total. The Hall–Kier alpha value is -2.83. The lowest BCUT2D eigenvalue weighted by molar-refractivity contribution is 0.103. The van der Waals surface area contributed by atoms with Crippen LogP contribution in [0.25, 0.3) is 0 Å². The molecule has 2 aromatic carbocycles. The Bertz CT molecular complexity index is 941. The van der Waals surface area contributed by atoms with E-state index in [4.69, 9.17) is 11.6 Å². The van der Waals surface area contributed by atoms with Crippen molar-refractivity contribution >= 4 is 51.9 Å². The van der Waals surface area contributed by atoms with Gasteiger partial charge < -0.3 is 16.0 Å². The van der Waals surface area contributed by atoms with Crippen LogP contribution in [-0.4, -0.2) is 11.9 Å². The van der Waals surface area contributed by atoms with Crippen LogP contribution < -0.4 is 16.0 Å². The second-order valence-corrected chi connectivity index (χ2v) is 7.25. The minimum absolute atomic E-state index is 0.240. The molecule has 0 spiro atoms. The minimum atomic E-state index is -0.359. The Kier molecular flexibility index (Phi) is 5.55. The van der Waals surface area contributed by atoms with E-state index in [0.29, 0.717) is 26.3 Å². The van der Waals surface area contributed by atoms with Crippen LogP contribution in [0.1, 0.15) is 15.2 Å². The number of hydrogen-bond acceptors (Lipinski definition) is 3. The highest BCUT2D eigenvalue weighted by atomic mass is 35.5. The van der Waals surface area contributed by atoms with Crippen LogP contribution in [0.5, 0.6) is 0 Å². The largest absolute Gasteiger partial charge is 0.323 e. The number of amides is 3. The molecule has 5 nitrogen and oxygen atoms in total. The summed E-state index contributed by atoms with van der Waals surface area (Å²) in [6.45, 7) is 1.88. The molecule has 0 radical (unpaired) electrons. The Morgan fingerprint density at radius 3 is 2.31 bits per heavy atom. The SMILES string of the molecule is Cc1ccc(NC(=O)Nc2ccccc2)cc1NC(=O)c1ccc(Cl)s1. The van der Waals surface area contributed by atoms with Crippen LogP contribution >= 0.6 is 22.9 Å². The Morgan fingerprint density at radius 1 is 0.885 bits per heavy atom. The summed E-state index contributed by atoms with van der Waals surface area (Å²) in [7, 11) is 0. The zero-order chi connectivity index (χ0) is 18.5. The van der Waals surface area contributed by atoms with Gasteiger partial charge in [0.1, 0.15) is 0 Å². The number of carbonyl (C=O) groups excluding carboxylic acids is 2. The maximum absolute atomic E-state index is 12.3. The normalized spacial score (nSPS) is 10.2. The van der Waals surface area contributed by atoms with E-state index in [1.165, 1.54) is 11.3 Å². The highest BCUT2D eigenvalue weighted by molar-refractivity contribution is 7.18. The Morgan fingerprint density at radius 2 is 1.62 bits per heavy atom. The standard InChI is InChI=1S/C19H16ClN3O2S/c1-12-7-8-14(22-19(25)21-13-5-3-2-4-6-13)11-15(12)23-18(24)16-9-10-17(20)26-16/h2-11H,1H3,(H,23,24)(H2,21,22,25). The number of urea groups is 1. The van der Waals surface area contributed by atoms with E-state index in [1.807, 2.05) is 31.2 Å². The second kappa shape index (κ2) is 8.03. The summed E-state index contributed by atoms with van der Waals surface area (Å²) in [5.74, 6) is -0.240. The molecular formula is C19H16ClN3O2S. The molecule has 0 unspecified atom stereocenters. The molecule has 1 heterocycles. The summed E-state index contributed by atoms with van der Waals surface area (Å²) in [6.07, 6.45) is 0. The molecule has 132 valence electrons. The molecule has 0 saturated carbocycles. The van der Waals surface area contributed by atoms with Gasteiger partial charge >= 0.3 is 6.03 Å². The van der Waals surface area contributed by atoms with Crippen LogP contribution in [0, 0.1) is 6.92 Å². The maximum Gasteiger partial charge on any atom is 0.323 e. The maximum atomic E-state index is 12.3. The second-order valence-electron chi connectivity index (χ2n) is 5.53. The van der Waals surface area contributed by atoms with Crippen LogP contribution in [-0.2, 0) is 0 Å². The minimum Gasteiger partial charge on any atom is -0.321 e. The van der Waals surface area contributed by atoms with Crippen molar-refractivity contribution < 1.29 is 9.59 Å². The lowest BCUT2D eigenvalue weighted by Gasteiger charge is -2.12. The summed E-state index contributed by atoms with van der Waals surface area (Å²) in [5.41, 5.74) is 2.77. The summed E-state index contributed by atoms with van der Waals surface area (Å²) in [4.78, 5) is 24.9. The number of nitrogens with one attached hydrogen (secondary N) is 3. The van der Waals surface area contributed by atoms with Crippen molar-refractivity contribution in [2.75, 3.05) is 16.0 Å². The fourth-order valence-corrected chi connectivity index (χ4v) is 3.21. The topological polar surface area (TPSA) is 70.2 Å². The Balaban J connectivity index is 1.69. The van der Waals surface area contributed by atoms with Crippen LogP contribution in [0.15, 0.2) is 60.7 Å². The number of rotatable bonds is 4. The van der Waals surface area contributed by atoms with Gasteiger partial charge in [-0.2, -0.15) is 0 Å². The van der Waals surface area contributed by atoms with Crippen molar-refractivity contribution in [3.63, 3.8) is 0 Å². The molecule has 0 aliphatic heterocycles. The predicted octanol–water partition coefficient (Wildman–Crippen LogP) is 5.61. The van der Waals surface area contributed by atoms with E-state index in [0.717, 1.165) is 5.56 Å². The molecule has 3 amide bonds. The fourth-order valence-electron chi connectivity index (χ4n) is 2.27.